The number of carbonyl (C=O) groups excluding carboxylic acids is 2. The number of unbranched alkanes of at least 4 members (excludes halogenated alkanes) is 1. The van der Waals surface area contributed by atoms with Gasteiger partial charge in [0, 0.05) is 6.61 Å². The van der Waals surface area contributed by atoms with Gasteiger partial charge in [-0.15, -0.1) is 0 Å². The summed E-state index contributed by atoms with van der Waals surface area (Å²) in [6.07, 6.45) is 2.00. The number of nitriles is 1. The summed E-state index contributed by atoms with van der Waals surface area (Å²) >= 11 is 0. The summed E-state index contributed by atoms with van der Waals surface area (Å²) in [5, 5.41) is 11.6. The fourth-order valence-corrected chi connectivity index (χ4v) is 2.48. The molecule has 6 nitrogen and oxygen atoms in total. The lowest BCUT2D eigenvalue weighted by atomic mass is 9.91. The van der Waals surface area contributed by atoms with Crippen LogP contribution in [0.15, 0.2) is 24.3 Å². The highest BCUT2D eigenvalue weighted by molar-refractivity contribution is 6.07. The van der Waals surface area contributed by atoms with E-state index in [4.69, 9.17) is 10.00 Å². The lowest BCUT2D eigenvalue weighted by Gasteiger charge is -2.22. The molecule has 0 aliphatic carbocycles. The summed E-state index contributed by atoms with van der Waals surface area (Å²) in [7, 11) is 0. The predicted octanol–water partition coefficient (Wildman–Crippen LogP) is 2.14. The number of nitrogens with zero attached hydrogens (tertiary/aromatic N) is 2. The third kappa shape index (κ3) is 3.51. The van der Waals surface area contributed by atoms with E-state index in [1.165, 1.54) is 4.90 Å². The predicted molar refractivity (Wildman–Crippen MR) is 84.5 cm³/mol. The normalized spacial score (nSPS) is 20.5. The Hall–Kier alpha value is -2.39. The van der Waals surface area contributed by atoms with Crippen LogP contribution >= 0.6 is 0 Å². The third-order valence-electron chi connectivity index (χ3n) is 3.97. The number of nitrogens with one attached hydrogen (secondary N) is 1. The fourth-order valence-electron chi connectivity index (χ4n) is 2.48. The lowest BCUT2D eigenvalue weighted by molar-refractivity contribution is -0.131. The molecule has 0 spiro atoms. The van der Waals surface area contributed by atoms with E-state index in [0.717, 1.165) is 12.8 Å². The molecule has 1 aliphatic heterocycles. The van der Waals surface area contributed by atoms with Crippen molar-refractivity contribution in [1.82, 2.24) is 10.2 Å². The van der Waals surface area contributed by atoms with Crippen molar-refractivity contribution in [2.75, 3.05) is 19.8 Å². The molecule has 1 fully saturated rings. The van der Waals surface area contributed by atoms with Crippen molar-refractivity contribution in [2.45, 2.75) is 32.2 Å². The van der Waals surface area contributed by atoms with Gasteiger partial charge < -0.3 is 10.1 Å². The first-order valence-corrected chi connectivity index (χ1v) is 7.75. The number of hydrogen-bond donors (Lipinski definition) is 1. The molecule has 1 aromatic rings. The molecule has 1 heterocycles. The third-order valence-corrected chi connectivity index (χ3v) is 3.97. The quantitative estimate of drug-likeness (QED) is 0.617. The monoisotopic (exact) mass is 315 g/mol. The Balaban J connectivity index is 2.05. The summed E-state index contributed by atoms with van der Waals surface area (Å²) in [4.78, 5) is 25.9. The van der Waals surface area contributed by atoms with Gasteiger partial charge in [0.15, 0.2) is 0 Å². The van der Waals surface area contributed by atoms with Gasteiger partial charge in [-0.05, 0) is 31.0 Å². The van der Waals surface area contributed by atoms with Crippen molar-refractivity contribution >= 4 is 11.9 Å². The van der Waals surface area contributed by atoms with E-state index in [1.807, 2.05) is 6.07 Å². The molecule has 1 aliphatic rings. The minimum Gasteiger partial charge on any atom is -0.380 e. The van der Waals surface area contributed by atoms with Crippen molar-refractivity contribution in [3.8, 4) is 6.07 Å². The van der Waals surface area contributed by atoms with Crippen LogP contribution in [0.25, 0.3) is 0 Å². The van der Waals surface area contributed by atoms with Crippen molar-refractivity contribution in [2.24, 2.45) is 0 Å². The Kier molecular flexibility index (Phi) is 5.35. The van der Waals surface area contributed by atoms with Crippen LogP contribution in [0, 0.1) is 11.3 Å². The molecule has 3 amide bonds. The number of rotatable bonds is 7. The smallest absolute Gasteiger partial charge is 0.325 e. The molecule has 1 unspecified atom stereocenters. The van der Waals surface area contributed by atoms with Crippen molar-refractivity contribution in [1.29, 1.82) is 5.26 Å². The molecule has 122 valence electrons. The van der Waals surface area contributed by atoms with Crippen LogP contribution in [0.1, 0.15) is 37.8 Å². The van der Waals surface area contributed by atoms with E-state index in [2.05, 4.69) is 12.2 Å². The zero-order chi connectivity index (χ0) is 16.9. The average molecular weight is 315 g/mol. The number of hydrogen-bond acceptors (Lipinski definition) is 4. The van der Waals surface area contributed by atoms with Crippen molar-refractivity contribution in [3.05, 3.63) is 35.4 Å². The molecule has 23 heavy (non-hydrogen) atoms. The lowest BCUT2D eigenvalue weighted by Crippen LogP contribution is -2.41. The Labute approximate surface area is 136 Å². The van der Waals surface area contributed by atoms with Gasteiger partial charge in [0.25, 0.3) is 5.91 Å². The number of carbonyl (C=O) groups is 2. The average Bonchev–Trinajstić information content (AvgIpc) is 2.78. The maximum atomic E-state index is 12.6. The largest absolute Gasteiger partial charge is 0.380 e. The summed E-state index contributed by atoms with van der Waals surface area (Å²) in [6, 6.07) is 8.27. The maximum absolute atomic E-state index is 12.6. The molecule has 0 saturated carbocycles. The molecule has 1 saturated heterocycles. The summed E-state index contributed by atoms with van der Waals surface area (Å²) < 4.78 is 5.43. The molecule has 2 rings (SSSR count). The number of amides is 3. The first-order chi connectivity index (χ1) is 11.0. The molecular formula is C17H21N3O3. The van der Waals surface area contributed by atoms with Gasteiger partial charge in [0.1, 0.15) is 5.54 Å². The van der Waals surface area contributed by atoms with E-state index in [0.29, 0.717) is 24.3 Å². The molecule has 0 bridgehead atoms. The van der Waals surface area contributed by atoms with Crippen LogP contribution in [-0.4, -0.2) is 36.6 Å². The molecular weight excluding hydrogens is 294 g/mol. The summed E-state index contributed by atoms with van der Waals surface area (Å²) in [5.41, 5.74) is 0.0636. The van der Waals surface area contributed by atoms with E-state index in [-0.39, 0.29) is 12.5 Å². The summed E-state index contributed by atoms with van der Waals surface area (Å²) in [5.74, 6) is -0.300. The second kappa shape index (κ2) is 7.25. The van der Waals surface area contributed by atoms with Crippen LogP contribution in [0.4, 0.5) is 4.79 Å². The van der Waals surface area contributed by atoms with Gasteiger partial charge in [-0.2, -0.15) is 5.26 Å². The first kappa shape index (κ1) is 17.0. The van der Waals surface area contributed by atoms with Gasteiger partial charge in [-0.25, -0.2) is 4.79 Å². The fraction of sp³-hybridized carbons (Fsp3) is 0.471. The van der Waals surface area contributed by atoms with E-state index in [9.17, 15) is 9.59 Å². The number of imide groups is 1. The van der Waals surface area contributed by atoms with E-state index >= 15 is 0 Å². The first-order valence-electron chi connectivity index (χ1n) is 7.75. The highest BCUT2D eigenvalue weighted by Gasteiger charge is 2.48. The topological polar surface area (TPSA) is 82.4 Å². The second-order valence-electron chi connectivity index (χ2n) is 5.67. The Morgan fingerprint density at radius 2 is 1.96 bits per heavy atom. The number of urea groups is 1. The van der Waals surface area contributed by atoms with Gasteiger partial charge in [0.2, 0.25) is 0 Å². The highest BCUT2D eigenvalue weighted by Crippen LogP contribution is 2.28. The summed E-state index contributed by atoms with van der Waals surface area (Å²) in [6.45, 7) is 4.95. The number of ether oxygens (including phenoxy) is 1. The van der Waals surface area contributed by atoms with Gasteiger partial charge in [-0.1, -0.05) is 25.5 Å². The molecule has 1 aromatic carbocycles. The molecule has 1 N–H and O–H groups in total. The van der Waals surface area contributed by atoms with Crippen LogP contribution < -0.4 is 5.32 Å². The van der Waals surface area contributed by atoms with Crippen LogP contribution in [0.3, 0.4) is 0 Å². The van der Waals surface area contributed by atoms with Gasteiger partial charge in [0.05, 0.1) is 24.8 Å². The van der Waals surface area contributed by atoms with Crippen LogP contribution in [0.2, 0.25) is 0 Å². The van der Waals surface area contributed by atoms with Crippen molar-refractivity contribution < 1.29 is 14.3 Å². The maximum Gasteiger partial charge on any atom is 0.325 e. The van der Waals surface area contributed by atoms with Crippen LogP contribution in [-0.2, 0) is 15.1 Å². The SMILES string of the molecule is CCCCOCCN1C(=O)NC(C)(c2ccc(C#N)cc2)C1=O. The number of benzene rings is 1. The van der Waals surface area contributed by atoms with Crippen LogP contribution in [0.5, 0.6) is 0 Å². The van der Waals surface area contributed by atoms with Crippen molar-refractivity contribution in [3.63, 3.8) is 0 Å². The van der Waals surface area contributed by atoms with Gasteiger partial charge in [-0.3, -0.25) is 9.69 Å². The van der Waals surface area contributed by atoms with Gasteiger partial charge >= 0.3 is 6.03 Å². The minimum absolute atomic E-state index is 0.236. The van der Waals surface area contributed by atoms with E-state index < -0.39 is 11.6 Å². The zero-order valence-electron chi connectivity index (χ0n) is 13.5. The Morgan fingerprint density at radius 3 is 2.57 bits per heavy atom. The Morgan fingerprint density at radius 1 is 1.26 bits per heavy atom. The standard InChI is InChI=1S/C17H21N3O3/c1-3-4-10-23-11-9-20-15(21)17(2,19-16(20)22)14-7-5-13(12-18)6-8-14/h5-8H,3-4,9-11H2,1-2H3,(H,19,22). The second-order valence-corrected chi connectivity index (χ2v) is 5.67. The molecule has 0 aromatic heterocycles. The molecule has 6 heteroatoms. The highest BCUT2D eigenvalue weighted by atomic mass is 16.5. The molecule has 1 atom stereocenters. The van der Waals surface area contributed by atoms with E-state index in [1.54, 1.807) is 31.2 Å². The molecule has 0 radical (unpaired) electrons. The Bertz CT molecular complexity index is 621. The minimum atomic E-state index is -1.10. The zero-order valence-corrected chi connectivity index (χ0v) is 13.5.